The van der Waals surface area contributed by atoms with Gasteiger partial charge in [0.25, 0.3) is 5.95 Å². The summed E-state index contributed by atoms with van der Waals surface area (Å²) < 4.78 is 8.23. The molecule has 0 fully saturated rings. The van der Waals surface area contributed by atoms with Crippen LogP contribution in [-0.4, -0.2) is 32.7 Å². The van der Waals surface area contributed by atoms with Crippen molar-refractivity contribution in [2.24, 2.45) is 5.10 Å². The highest BCUT2D eigenvalue weighted by Crippen LogP contribution is 2.20. The third-order valence-electron chi connectivity index (χ3n) is 5.18. The van der Waals surface area contributed by atoms with Crippen LogP contribution >= 0.6 is 27.7 Å². The van der Waals surface area contributed by atoms with Gasteiger partial charge in [0.2, 0.25) is 11.1 Å². The molecule has 1 amide bonds. The third kappa shape index (κ3) is 7.83. The van der Waals surface area contributed by atoms with E-state index >= 15 is 0 Å². The topological polar surface area (TPSA) is 119 Å². The largest absolute Gasteiger partial charge is 0.488 e. The number of hydrazone groups is 1. The van der Waals surface area contributed by atoms with Gasteiger partial charge in [-0.15, -0.1) is 10.2 Å². The maximum absolute atomic E-state index is 12.2. The number of thioether (sulfide) groups is 1. The molecule has 4 N–H and O–H groups in total. The number of ether oxygens (including phenoxy) is 1. The van der Waals surface area contributed by atoms with Gasteiger partial charge in [-0.3, -0.25) is 4.79 Å². The molecule has 0 saturated carbocycles. The fourth-order valence-electron chi connectivity index (χ4n) is 3.21. The molecule has 4 rings (SSSR count). The summed E-state index contributed by atoms with van der Waals surface area (Å²) in [6.07, 6.45) is 1.62. The van der Waals surface area contributed by atoms with Gasteiger partial charge in [-0.05, 0) is 42.3 Å². The lowest BCUT2D eigenvalue weighted by atomic mass is 10.1. The van der Waals surface area contributed by atoms with Gasteiger partial charge >= 0.3 is 0 Å². The van der Waals surface area contributed by atoms with E-state index < -0.39 is 0 Å². The molecule has 3 aromatic carbocycles. The summed E-state index contributed by atoms with van der Waals surface area (Å²) in [6.45, 7) is 2.91. The molecule has 1 heterocycles. The second kappa shape index (κ2) is 12.9. The Bertz CT molecular complexity index is 1380. The molecule has 0 spiro atoms. The normalized spacial score (nSPS) is 11.0. The van der Waals surface area contributed by atoms with Gasteiger partial charge < -0.3 is 15.9 Å². The lowest BCUT2D eigenvalue weighted by Crippen LogP contribution is -2.25. The van der Waals surface area contributed by atoms with E-state index in [0.717, 1.165) is 21.2 Å². The first-order valence-corrected chi connectivity index (χ1v) is 13.2. The molecular formula is C26H26BrN7O2S. The van der Waals surface area contributed by atoms with Crippen LogP contribution in [0.25, 0.3) is 0 Å². The van der Waals surface area contributed by atoms with Gasteiger partial charge in [0, 0.05) is 16.6 Å². The van der Waals surface area contributed by atoms with Crippen molar-refractivity contribution in [2.75, 3.05) is 17.0 Å². The minimum Gasteiger partial charge on any atom is -0.488 e. The molecule has 190 valence electrons. The van der Waals surface area contributed by atoms with Crippen molar-refractivity contribution in [1.82, 2.24) is 20.2 Å². The number of carbonyl (C=O) groups is 1. The SMILES string of the molecule is Cc1ccc(CNC(=O)CSc2nnc(N/N=C/c3ccccc3OCc3cccc(Br)c3)n2N)cc1. The van der Waals surface area contributed by atoms with E-state index in [1.165, 1.54) is 22.0 Å². The minimum absolute atomic E-state index is 0.124. The number of anilines is 1. The number of hydrogen-bond donors (Lipinski definition) is 3. The molecule has 1 aromatic heterocycles. The van der Waals surface area contributed by atoms with Crippen LogP contribution in [0.15, 0.2) is 87.5 Å². The number of para-hydroxylation sites is 1. The Morgan fingerprint density at radius 2 is 1.92 bits per heavy atom. The number of nitrogen functional groups attached to an aromatic ring is 1. The molecule has 0 unspecified atom stereocenters. The summed E-state index contributed by atoms with van der Waals surface area (Å²) >= 11 is 4.66. The quantitative estimate of drug-likeness (QED) is 0.104. The number of benzene rings is 3. The highest BCUT2D eigenvalue weighted by Gasteiger charge is 2.12. The molecule has 4 aromatic rings. The van der Waals surface area contributed by atoms with Crippen molar-refractivity contribution in [3.05, 3.63) is 99.5 Å². The summed E-state index contributed by atoms with van der Waals surface area (Å²) in [5, 5.41) is 15.5. The van der Waals surface area contributed by atoms with E-state index in [9.17, 15) is 4.79 Å². The van der Waals surface area contributed by atoms with E-state index in [1.807, 2.05) is 79.7 Å². The predicted octanol–water partition coefficient (Wildman–Crippen LogP) is 4.50. The molecular weight excluding hydrogens is 554 g/mol. The third-order valence-corrected chi connectivity index (χ3v) is 6.61. The monoisotopic (exact) mass is 579 g/mol. The zero-order valence-electron chi connectivity index (χ0n) is 20.1. The summed E-state index contributed by atoms with van der Waals surface area (Å²) in [6, 6.07) is 23.5. The van der Waals surface area contributed by atoms with Crippen molar-refractivity contribution in [3.63, 3.8) is 0 Å². The smallest absolute Gasteiger partial charge is 0.264 e. The summed E-state index contributed by atoms with van der Waals surface area (Å²) in [7, 11) is 0. The van der Waals surface area contributed by atoms with Crippen LogP contribution in [-0.2, 0) is 17.9 Å². The van der Waals surface area contributed by atoms with Crippen molar-refractivity contribution < 1.29 is 9.53 Å². The van der Waals surface area contributed by atoms with E-state index in [-0.39, 0.29) is 17.6 Å². The Morgan fingerprint density at radius 3 is 2.73 bits per heavy atom. The number of amides is 1. The van der Waals surface area contributed by atoms with Gasteiger partial charge in [0.15, 0.2) is 0 Å². The maximum atomic E-state index is 12.2. The standard InChI is InChI=1S/C26H26BrN7O2S/c1-18-9-11-19(12-10-18)14-29-24(35)17-37-26-33-32-25(34(26)28)31-30-15-21-6-2-3-8-23(21)36-16-20-5-4-7-22(27)13-20/h2-13,15H,14,16-17,28H2,1H3,(H,29,35)(H,31,32)/b30-15+. The van der Waals surface area contributed by atoms with Crippen LogP contribution in [0.1, 0.15) is 22.3 Å². The molecule has 0 aliphatic heterocycles. The lowest BCUT2D eigenvalue weighted by molar-refractivity contribution is -0.118. The molecule has 37 heavy (non-hydrogen) atoms. The molecule has 0 aliphatic rings. The van der Waals surface area contributed by atoms with E-state index in [2.05, 4.69) is 42.0 Å². The molecule has 0 radical (unpaired) electrons. The zero-order chi connectivity index (χ0) is 26.0. The Kier molecular flexibility index (Phi) is 9.17. The first-order chi connectivity index (χ1) is 18.0. The van der Waals surface area contributed by atoms with Crippen LogP contribution in [0.2, 0.25) is 0 Å². The fourth-order valence-corrected chi connectivity index (χ4v) is 4.34. The number of aryl methyl sites for hydroxylation is 1. The van der Waals surface area contributed by atoms with Crippen molar-refractivity contribution in [3.8, 4) is 5.75 Å². The number of carbonyl (C=O) groups excluding carboxylic acids is 1. The highest BCUT2D eigenvalue weighted by molar-refractivity contribution is 9.10. The van der Waals surface area contributed by atoms with Gasteiger partial charge in [-0.1, -0.05) is 81.8 Å². The van der Waals surface area contributed by atoms with Crippen LogP contribution in [0.5, 0.6) is 5.75 Å². The molecule has 9 nitrogen and oxygen atoms in total. The Hall–Kier alpha value is -3.83. The maximum Gasteiger partial charge on any atom is 0.264 e. The Balaban J connectivity index is 1.28. The average molecular weight is 581 g/mol. The molecule has 0 atom stereocenters. The predicted molar refractivity (Wildman–Crippen MR) is 150 cm³/mol. The van der Waals surface area contributed by atoms with E-state index in [0.29, 0.717) is 24.1 Å². The zero-order valence-corrected chi connectivity index (χ0v) is 22.5. The van der Waals surface area contributed by atoms with Gasteiger partial charge in [-0.2, -0.15) is 5.10 Å². The Morgan fingerprint density at radius 1 is 1.11 bits per heavy atom. The molecule has 11 heteroatoms. The van der Waals surface area contributed by atoms with Gasteiger partial charge in [-0.25, -0.2) is 10.1 Å². The lowest BCUT2D eigenvalue weighted by Gasteiger charge is -2.09. The van der Waals surface area contributed by atoms with Crippen LogP contribution in [0, 0.1) is 6.92 Å². The molecule has 0 aliphatic carbocycles. The van der Waals surface area contributed by atoms with Crippen molar-refractivity contribution in [1.29, 1.82) is 0 Å². The molecule has 0 saturated heterocycles. The van der Waals surface area contributed by atoms with Gasteiger partial charge in [0.1, 0.15) is 12.4 Å². The summed E-state index contributed by atoms with van der Waals surface area (Å²) in [5.74, 6) is 7.04. The summed E-state index contributed by atoms with van der Waals surface area (Å²) in [4.78, 5) is 12.2. The van der Waals surface area contributed by atoms with Crippen molar-refractivity contribution >= 4 is 45.8 Å². The van der Waals surface area contributed by atoms with Crippen LogP contribution in [0.3, 0.4) is 0 Å². The number of hydrogen-bond acceptors (Lipinski definition) is 8. The fraction of sp³-hybridized carbons (Fsp3) is 0.154. The number of aromatic nitrogens is 3. The van der Waals surface area contributed by atoms with Crippen molar-refractivity contribution in [2.45, 2.75) is 25.2 Å². The molecule has 0 bridgehead atoms. The number of halogens is 1. The first-order valence-electron chi connectivity index (χ1n) is 11.4. The van der Waals surface area contributed by atoms with E-state index in [1.54, 1.807) is 6.21 Å². The average Bonchev–Trinajstić information content (AvgIpc) is 3.25. The second-order valence-corrected chi connectivity index (χ2v) is 9.91. The number of rotatable bonds is 11. The van der Waals surface area contributed by atoms with E-state index in [4.69, 9.17) is 10.6 Å². The summed E-state index contributed by atoms with van der Waals surface area (Å²) in [5.41, 5.74) is 6.83. The number of nitrogens with one attached hydrogen (secondary N) is 2. The number of nitrogens with two attached hydrogens (primary N) is 1. The second-order valence-electron chi connectivity index (χ2n) is 8.05. The first kappa shape index (κ1) is 26.2. The van der Waals surface area contributed by atoms with Gasteiger partial charge in [0.05, 0.1) is 12.0 Å². The number of nitrogens with zero attached hydrogens (tertiary/aromatic N) is 4. The highest BCUT2D eigenvalue weighted by atomic mass is 79.9. The van der Waals surface area contributed by atoms with Crippen LogP contribution in [0.4, 0.5) is 5.95 Å². The Labute approximate surface area is 227 Å². The minimum atomic E-state index is -0.124. The van der Waals surface area contributed by atoms with Crippen LogP contribution < -0.4 is 21.3 Å².